The van der Waals surface area contributed by atoms with Gasteiger partial charge in [-0.2, -0.15) is 5.10 Å². The number of amides is 3. The highest BCUT2D eigenvalue weighted by molar-refractivity contribution is 6.02. The molecule has 9 heteroatoms. The number of hydrogen-bond acceptors (Lipinski definition) is 6. The Bertz CT molecular complexity index is 1210. The highest BCUT2D eigenvalue weighted by atomic mass is 16.6. The molecule has 3 atom stereocenters. The van der Waals surface area contributed by atoms with Crippen LogP contribution in [0, 0.1) is 11.3 Å². The molecule has 1 unspecified atom stereocenters. The maximum atomic E-state index is 12.4. The predicted molar refractivity (Wildman–Crippen MR) is 134 cm³/mol. The Morgan fingerprint density at radius 1 is 1.19 bits per heavy atom. The van der Waals surface area contributed by atoms with Gasteiger partial charge in [0.05, 0.1) is 17.1 Å². The molecule has 0 bridgehead atoms. The Hall–Kier alpha value is -3.10. The van der Waals surface area contributed by atoms with E-state index in [1.807, 2.05) is 50.9 Å². The molecule has 2 aromatic rings. The van der Waals surface area contributed by atoms with Crippen molar-refractivity contribution in [2.75, 3.05) is 13.1 Å². The lowest BCUT2D eigenvalue weighted by Crippen LogP contribution is -2.61. The molecule has 3 amide bonds. The molecule has 0 radical (unpaired) electrons. The van der Waals surface area contributed by atoms with E-state index in [0.717, 1.165) is 49.0 Å². The summed E-state index contributed by atoms with van der Waals surface area (Å²) in [6.45, 7) is 9.41. The number of ether oxygens (including phenoxy) is 2. The number of fused-ring (bicyclic) bond motifs is 1. The number of likely N-dealkylation sites (tertiary alicyclic amines) is 1. The highest BCUT2D eigenvalue weighted by Crippen LogP contribution is 2.47. The van der Waals surface area contributed by atoms with Crippen LogP contribution in [0.15, 0.2) is 18.2 Å². The van der Waals surface area contributed by atoms with Crippen LogP contribution in [-0.4, -0.2) is 57.4 Å². The van der Waals surface area contributed by atoms with Gasteiger partial charge in [0.1, 0.15) is 17.5 Å². The average Bonchev–Trinajstić information content (AvgIpc) is 3.08. The molecule has 3 aliphatic rings. The maximum absolute atomic E-state index is 12.4. The van der Waals surface area contributed by atoms with Crippen molar-refractivity contribution in [1.82, 2.24) is 20.0 Å². The normalized spacial score (nSPS) is 26.0. The van der Waals surface area contributed by atoms with Gasteiger partial charge in [-0.05, 0) is 64.5 Å². The predicted octanol–water partition coefficient (Wildman–Crippen LogP) is 3.90. The minimum atomic E-state index is -0.476. The number of piperidine rings is 1. The number of aryl methyl sites for hydroxylation is 1. The molecule has 1 aromatic heterocycles. The van der Waals surface area contributed by atoms with E-state index in [1.165, 1.54) is 0 Å². The number of imide groups is 1. The Balaban J connectivity index is 1.23. The summed E-state index contributed by atoms with van der Waals surface area (Å²) in [5, 5.41) is 7.95. The quantitative estimate of drug-likeness (QED) is 0.647. The number of aromatic nitrogens is 2. The number of hydrogen-bond donors (Lipinski definition) is 1. The van der Waals surface area contributed by atoms with E-state index in [2.05, 4.69) is 17.3 Å². The fraction of sp³-hybridized carbons (Fsp3) is 0.630. The molecule has 1 spiro atoms. The van der Waals surface area contributed by atoms with E-state index in [-0.39, 0.29) is 29.4 Å². The Kier molecular flexibility index (Phi) is 6.00. The summed E-state index contributed by atoms with van der Waals surface area (Å²) in [7, 11) is 1.86. The first-order valence-corrected chi connectivity index (χ1v) is 12.9. The van der Waals surface area contributed by atoms with E-state index in [1.54, 1.807) is 4.68 Å². The molecule has 194 valence electrons. The third kappa shape index (κ3) is 4.67. The SMILES string of the molecule is C[C@@H]1CC2(CC[C@@H]1Oc1ccc3c(C4CCC(=O)NC4=O)nn(C)c3c1)CN(C(=O)OC(C)(C)C)C2. The molecule has 1 saturated carbocycles. The largest absolute Gasteiger partial charge is 0.490 e. The topological polar surface area (TPSA) is 103 Å². The van der Waals surface area contributed by atoms with Crippen LogP contribution in [0.1, 0.15) is 71.4 Å². The van der Waals surface area contributed by atoms with Crippen molar-refractivity contribution in [3.63, 3.8) is 0 Å². The summed E-state index contributed by atoms with van der Waals surface area (Å²) in [4.78, 5) is 38.1. The van der Waals surface area contributed by atoms with Crippen molar-refractivity contribution in [1.29, 1.82) is 0 Å². The van der Waals surface area contributed by atoms with Gasteiger partial charge in [-0.3, -0.25) is 19.6 Å². The van der Waals surface area contributed by atoms with Crippen LogP contribution in [0.3, 0.4) is 0 Å². The molecule has 5 rings (SSSR count). The number of nitrogens with zero attached hydrogens (tertiary/aromatic N) is 3. The van der Waals surface area contributed by atoms with Crippen molar-refractivity contribution in [2.24, 2.45) is 18.4 Å². The minimum absolute atomic E-state index is 0.103. The monoisotopic (exact) mass is 496 g/mol. The summed E-state index contributed by atoms with van der Waals surface area (Å²) in [6, 6.07) is 5.91. The van der Waals surface area contributed by atoms with Crippen LogP contribution >= 0.6 is 0 Å². The van der Waals surface area contributed by atoms with Crippen molar-refractivity contribution in [3.05, 3.63) is 23.9 Å². The van der Waals surface area contributed by atoms with E-state index < -0.39 is 11.5 Å². The zero-order valence-corrected chi connectivity index (χ0v) is 21.8. The van der Waals surface area contributed by atoms with Gasteiger partial charge < -0.3 is 14.4 Å². The number of carbonyl (C=O) groups is 3. The molecular weight excluding hydrogens is 460 g/mol. The second kappa shape index (κ2) is 8.78. The molecule has 2 saturated heterocycles. The fourth-order valence-corrected chi connectivity index (χ4v) is 6.06. The zero-order valence-electron chi connectivity index (χ0n) is 21.8. The van der Waals surface area contributed by atoms with Crippen LogP contribution in [0.4, 0.5) is 4.79 Å². The number of rotatable bonds is 3. The molecule has 1 aromatic carbocycles. The van der Waals surface area contributed by atoms with Crippen LogP contribution in [0.2, 0.25) is 0 Å². The van der Waals surface area contributed by atoms with Crippen LogP contribution in [0.5, 0.6) is 5.75 Å². The third-order valence-electron chi connectivity index (χ3n) is 7.76. The Morgan fingerprint density at radius 3 is 2.61 bits per heavy atom. The third-order valence-corrected chi connectivity index (χ3v) is 7.76. The molecule has 1 aliphatic carbocycles. The average molecular weight is 497 g/mol. The summed E-state index contributed by atoms with van der Waals surface area (Å²) < 4.78 is 13.7. The van der Waals surface area contributed by atoms with Gasteiger partial charge in [0.25, 0.3) is 0 Å². The lowest BCUT2D eigenvalue weighted by Gasteiger charge is -2.54. The summed E-state index contributed by atoms with van der Waals surface area (Å²) in [5.41, 5.74) is 1.30. The summed E-state index contributed by atoms with van der Waals surface area (Å²) >= 11 is 0. The first kappa shape index (κ1) is 24.6. The van der Waals surface area contributed by atoms with E-state index in [4.69, 9.17) is 9.47 Å². The Morgan fingerprint density at radius 2 is 1.94 bits per heavy atom. The molecule has 9 nitrogen and oxygen atoms in total. The zero-order chi connectivity index (χ0) is 25.8. The van der Waals surface area contributed by atoms with Crippen molar-refractivity contribution >= 4 is 28.8 Å². The fourth-order valence-electron chi connectivity index (χ4n) is 6.06. The standard InChI is InChI=1S/C27H36N4O5/c1-16-13-27(14-31(15-27)25(34)36-26(2,3)4)11-10-21(16)35-17-6-7-18-20(12-17)30(5)29-23(18)19-8-9-22(32)28-24(19)33/h6-7,12,16,19,21H,8-11,13-15H2,1-5H3,(H,28,32,33)/t16-,19?,21+/m1/s1. The summed E-state index contributed by atoms with van der Waals surface area (Å²) in [6.07, 6.45) is 3.66. The van der Waals surface area contributed by atoms with Crippen LogP contribution < -0.4 is 10.1 Å². The van der Waals surface area contributed by atoms with E-state index in [0.29, 0.717) is 24.5 Å². The van der Waals surface area contributed by atoms with Crippen LogP contribution in [-0.2, 0) is 21.4 Å². The van der Waals surface area contributed by atoms with Gasteiger partial charge in [0.2, 0.25) is 11.8 Å². The smallest absolute Gasteiger partial charge is 0.410 e. The molecule has 2 aliphatic heterocycles. The number of carbonyl (C=O) groups excluding carboxylic acids is 3. The van der Waals surface area contributed by atoms with Crippen LogP contribution in [0.25, 0.3) is 10.9 Å². The van der Waals surface area contributed by atoms with Gasteiger partial charge in [-0.1, -0.05) is 6.92 Å². The van der Waals surface area contributed by atoms with Gasteiger partial charge >= 0.3 is 6.09 Å². The minimum Gasteiger partial charge on any atom is -0.490 e. The maximum Gasteiger partial charge on any atom is 0.410 e. The lowest BCUT2D eigenvalue weighted by atomic mass is 9.64. The van der Waals surface area contributed by atoms with Crippen molar-refractivity contribution in [3.8, 4) is 5.75 Å². The first-order valence-electron chi connectivity index (χ1n) is 12.9. The van der Waals surface area contributed by atoms with E-state index >= 15 is 0 Å². The molecule has 3 heterocycles. The number of nitrogens with one attached hydrogen (secondary N) is 1. The molecule has 1 N–H and O–H groups in total. The van der Waals surface area contributed by atoms with Gasteiger partial charge in [-0.25, -0.2) is 4.79 Å². The van der Waals surface area contributed by atoms with Gasteiger partial charge in [0.15, 0.2) is 0 Å². The molecule has 36 heavy (non-hydrogen) atoms. The van der Waals surface area contributed by atoms with E-state index in [9.17, 15) is 14.4 Å². The lowest BCUT2D eigenvalue weighted by molar-refractivity contribution is -0.134. The van der Waals surface area contributed by atoms with Gasteiger partial charge in [-0.15, -0.1) is 0 Å². The van der Waals surface area contributed by atoms with Gasteiger partial charge in [0, 0.05) is 43.4 Å². The molecular formula is C27H36N4O5. The second-order valence-electron chi connectivity index (χ2n) is 11.9. The second-order valence-corrected chi connectivity index (χ2v) is 11.9. The summed E-state index contributed by atoms with van der Waals surface area (Å²) in [5.74, 6) is 0.223. The number of benzene rings is 1. The highest BCUT2D eigenvalue weighted by Gasteiger charge is 2.50. The van der Waals surface area contributed by atoms with Crippen molar-refractivity contribution in [2.45, 2.75) is 77.4 Å². The van der Waals surface area contributed by atoms with Crippen molar-refractivity contribution < 1.29 is 23.9 Å². The molecule has 3 fully saturated rings. The first-order chi connectivity index (χ1) is 16.9. The Labute approximate surface area is 211 Å².